The molecule has 19 heavy (non-hydrogen) atoms. The summed E-state index contributed by atoms with van der Waals surface area (Å²) < 4.78 is 5.53. The van der Waals surface area contributed by atoms with E-state index in [1.165, 1.54) is 12.0 Å². The summed E-state index contributed by atoms with van der Waals surface area (Å²) in [5.74, 6) is 1.13. The first-order chi connectivity index (χ1) is 9.40. The van der Waals surface area contributed by atoms with Gasteiger partial charge in [0.2, 0.25) is 0 Å². The van der Waals surface area contributed by atoms with Crippen LogP contribution in [0.1, 0.15) is 30.2 Å². The van der Waals surface area contributed by atoms with E-state index in [1.807, 2.05) is 6.20 Å². The average Bonchev–Trinajstić information content (AvgIpc) is 3.06. The number of nitrogens with zero attached hydrogens (tertiary/aromatic N) is 1. The molecule has 1 aliphatic rings. The van der Waals surface area contributed by atoms with Crippen LogP contribution in [0, 0.1) is 0 Å². The number of H-pyrrole nitrogens is 1. The number of fused-ring (bicyclic) bond motifs is 2. The molecular formula is C15H15N3O. The van der Waals surface area contributed by atoms with Crippen LogP contribution in [0.5, 0.6) is 0 Å². The first-order valence-electron chi connectivity index (χ1n) is 6.66. The van der Waals surface area contributed by atoms with Crippen molar-refractivity contribution in [1.29, 1.82) is 0 Å². The quantitative estimate of drug-likeness (QED) is 0.733. The number of furan rings is 1. The Morgan fingerprint density at radius 3 is 3.32 bits per heavy atom. The SMILES string of the molecule is c1cc2c(o1)CCCC2Nc1ccc2cn[nH]c2c1. The van der Waals surface area contributed by atoms with Gasteiger partial charge in [-0.3, -0.25) is 5.10 Å². The number of aromatic nitrogens is 2. The molecule has 1 atom stereocenters. The maximum absolute atomic E-state index is 5.53. The lowest BCUT2D eigenvalue weighted by Crippen LogP contribution is -2.15. The molecule has 2 N–H and O–H groups in total. The van der Waals surface area contributed by atoms with E-state index < -0.39 is 0 Å². The van der Waals surface area contributed by atoms with E-state index in [9.17, 15) is 0 Å². The van der Waals surface area contributed by atoms with E-state index >= 15 is 0 Å². The first kappa shape index (κ1) is 10.7. The first-order valence-corrected chi connectivity index (χ1v) is 6.66. The van der Waals surface area contributed by atoms with Gasteiger partial charge in [-0.05, 0) is 37.1 Å². The van der Waals surface area contributed by atoms with Crippen molar-refractivity contribution in [2.24, 2.45) is 0 Å². The fourth-order valence-electron chi connectivity index (χ4n) is 2.86. The predicted molar refractivity (Wildman–Crippen MR) is 74.1 cm³/mol. The third-order valence-electron chi connectivity index (χ3n) is 3.83. The van der Waals surface area contributed by atoms with E-state index in [4.69, 9.17) is 4.42 Å². The number of anilines is 1. The van der Waals surface area contributed by atoms with Crippen molar-refractivity contribution >= 4 is 16.6 Å². The summed E-state index contributed by atoms with van der Waals surface area (Å²) in [6.07, 6.45) is 7.01. The molecule has 3 aromatic rings. The Hall–Kier alpha value is -2.23. The molecule has 1 unspecified atom stereocenters. The molecule has 1 aromatic carbocycles. The van der Waals surface area contributed by atoms with Gasteiger partial charge in [0.15, 0.2) is 0 Å². The average molecular weight is 253 g/mol. The highest BCUT2D eigenvalue weighted by atomic mass is 16.3. The molecule has 4 nitrogen and oxygen atoms in total. The van der Waals surface area contributed by atoms with Crippen LogP contribution >= 0.6 is 0 Å². The molecular weight excluding hydrogens is 238 g/mol. The minimum absolute atomic E-state index is 0.350. The number of hydrogen-bond acceptors (Lipinski definition) is 3. The zero-order valence-electron chi connectivity index (χ0n) is 10.5. The molecule has 0 fully saturated rings. The van der Waals surface area contributed by atoms with Crippen LogP contribution in [-0.2, 0) is 6.42 Å². The lowest BCUT2D eigenvalue weighted by Gasteiger charge is -2.23. The van der Waals surface area contributed by atoms with E-state index in [0.29, 0.717) is 6.04 Å². The predicted octanol–water partition coefficient (Wildman–Crippen LogP) is 3.65. The van der Waals surface area contributed by atoms with E-state index in [1.54, 1.807) is 6.26 Å². The molecule has 0 bridgehead atoms. The Labute approximate surface area is 110 Å². The molecule has 4 heteroatoms. The maximum Gasteiger partial charge on any atom is 0.109 e. The Morgan fingerprint density at radius 2 is 2.32 bits per heavy atom. The molecule has 2 aromatic heterocycles. The topological polar surface area (TPSA) is 53.9 Å². The van der Waals surface area contributed by atoms with Crippen LogP contribution in [-0.4, -0.2) is 10.2 Å². The summed E-state index contributed by atoms with van der Waals surface area (Å²) in [7, 11) is 0. The second kappa shape index (κ2) is 4.16. The van der Waals surface area contributed by atoms with Crippen molar-refractivity contribution in [2.45, 2.75) is 25.3 Å². The van der Waals surface area contributed by atoms with Crippen LogP contribution in [0.2, 0.25) is 0 Å². The van der Waals surface area contributed by atoms with Crippen molar-refractivity contribution < 1.29 is 4.42 Å². The van der Waals surface area contributed by atoms with Gasteiger partial charge in [0.25, 0.3) is 0 Å². The summed E-state index contributed by atoms with van der Waals surface area (Å²) in [5, 5.41) is 11.8. The number of aryl methyl sites for hydroxylation is 1. The fourth-order valence-corrected chi connectivity index (χ4v) is 2.86. The molecule has 0 aliphatic heterocycles. The number of benzene rings is 1. The zero-order valence-corrected chi connectivity index (χ0v) is 10.5. The van der Waals surface area contributed by atoms with Crippen LogP contribution in [0.4, 0.5) is 5.69 Å². The third kappa shape index (κ3) is 1.80. The van der Waals surface area contributed by atoms with Crippen molar-refractivity contribution in [2.75, 3.05) is 5.32 Å². The van der Waals surface area contributed by atoms with Gasteiger partial charge in [0.05, 0.1) is 24.0 Å². The summed E-state index contributed by atoms with van der Waals surface area (Å²) in [6.45, 7) is 0. The number of aromatic amines is 1. The zero-order chi connectivity index (χ0) is 12.7. The smallest absolute Gasteiger partial charge is 0.109 e. The number of hydrogen-bond donors (Lipinski definition) is 2. The minimum Gasteiger partial charge on any atom is -0.469 e. The highest BCUT2D eigenvalue weighted by Crippen LogP contribution is 2.33. The molecule has 96 valence electrons. The van der Waals surface area contributed by atoms with Gasteiger partial charge in [-0.25, -0.2) is 0 Å². The Balaban J connectivity index is 1.65. The van der Waals surface area contributed by atoms with Gasteiger partial charge in [0, 0.05) is 23.1 Å². The highest BCUT2D eigenvalue weighted by Gasteiger charge is 2.22. The Bertz CT molecular complexity index is 713. The van der Waals surface area contributed by atoms with Crippen molar-refractivity contribution in [3.8, 4) is 0 Å². The second-order valence-electron chi connectivity index (χ2n) is 5.06. The van der Waals surface area contributed by atoms with Crippen LogP contribution in [0.25, 0.3) is 10.9 Å². The van der Waals surface area contributed by atoms with Crippen LogP contribution < -0.4 is 5.32 Å². The molecule has 0 amide bonds. The summed E-state index contributed by atoms with van der Waals surface area (Å²) in [5.41, 5.74) is 3.49. The second-order valence-corrected chi connectivity index (χ2v) is 5.06. The summed E-state index contributed by atoms with van der Waals surface area (Å²) >= 11 is 0. The van der Waals surface area contributed by atoms with Gasteiger partial charge in [0.1, 0.15) is 5.76 Å². The Kier molecular flexibility index (Phi) is 2.33. The molecule has 2 heterocycles. The number of nitrogens with one attached hydrogen (secondary N) is 2. The normalized spacial score (nSPS) is 18.4. The standard InChI is InChI=1S/C15H15N3O/c1-2-13(12-6-7-19-15(12)3-1)17-11-5-4-10-9-16-18-14(10)8-11/h4-9,13,17H,1-3H2,(H,16,18). The van der Waals surface area contributed by atoms with E-state index in [0.717, 1.165) is 35.2 Å². The van der Waals surface area contributed by atoms with Crippen molar-refractivity contribution in [1.82, 2.24) is 10.2 Å². The van der Waals surface area contributed by atoms with E-state index in [-0.39, 0.29) is 0 Å². The molecule has 4 rings (SSSR count). The molecule has 1 aliphatic carbocycles. The van der Waals surface area contributed by atoms with Gasteiger partial charge in [-0.15, -0.1) is 0 Å². The largest absolute Gasteiger partial charge is 0.469 e. The van der Waals surface area contributed by atoms with Crippen molar-refractivity contribution in [3.63, 3.8) is 0 Å². The lowest BCUT2D eigenvalue weighted by atomic mass is 9.93. The Morgan fingerprint density at radius 1 is 1.32 bits per heavy atom. The number of rotatable bonds is 2. The maximum atomic E-state index is 5.53. The summed E-state index contributed by atoms with van der Waals surface area (Å²) in [6, 6.07) is 8.73. The van der Waals surface area contributed by atoms with Crippen LogP contribution in [0.3, 0.4) is 0 Å². The summed E-state index contributed by atoms with van der Waals surface area (Å²) in [4.78, 5) is 0. The molecule has 0 saturated heterocycles. The van der Waals surface area contributed by atoms with Gasteiger partial charge < -0.3 is 9.73 Å². The molecule has 0 spiro atoms. The van der Waals surface area contributed by atoms with Gasteiger partial charge in [-0.2, -0.15) is 5.10 Å². The third-order valence-corrected chi connectivity index (χ3v) is 3.83. The van der Waals surface area contributed by atoms with Gasteiger partial charge >= 0.3 is 0 Å². The van der Waals surface area contributed by atoms with Crippen LogP contribution in [0.15, 0.2) is 41.1 Å². The van der Waals surface area contributed by atoms with E-state index in [2.05, 4.69) is 39.8 Å². The monoisotopic (exact) mass is 253 g/mol. The van der Waals surface area contributed by atoms with Gasteiger partial charge in [-0.1, -0.05) is 0 Å². The lowest BCUT2D eigenvalue weighted by molar-refractivity contribution is 0.461. The van der Waals surface area contributed by atoms with Crippen molar-refractivity contribution in [3.05, 3.63) is 48.0 Å². The highest BCUT2D eigenvalue weighted by molar-refractivity contribution is 5.81. The molecule has 0 radical (unpaired) electrons. The molecule has 0 saturated carbocycles. The fraction of sp³-hybridized carbons (Fsp3) is 0.267. The minimum atomic E-state index is 0.350.